The van der Waals surface area contributed by atoms with Gasteiger partial charge in [0.05, 0.1) is 29.2 Å². The molecule has 1 aliphatic heterocycles. The highest BCUT2D eigenvalue weighted by atomic mass is 79.9. The monoisotopic (exact) mass is 346 g/mol. The van der Waals surface area contributed by atoms with Gasteiger partial charge in [0.25, 0.3) is 0 Å². The van der Waals surface area contributed by atoms with E-state index in [0.29, 0.717) is 30.4 Å². The lowest BCUT2D eigenvalue weighted by atomic mass is 9.82. The minimum atomic E-state index is -0.336. The molecule has 1 heterocycles. The van der Waals surface area contributed by atoms with Crippen molar-refractivity contribution in [1.29, 1.82) is 0 Å². The average molecular weight is 348 g/mol. The quantitative estimate of drug-likeness (QED) is 0.753. The molecule has 2 rings (SSSR count). The van der Waals surface area contributed by atoms with Gasteiger partial charge < -0.3 is 9.47 Å². The van der Waals surface area contributed by atoms with Crippen molar-refractivity contribution in [3.8, 4) is 0 Å². The lowest BCUT2D eigenvalue weighted by Crippen LogP contribution is -2.46. The first-order valence-corrected chi connectivity index (χ1v) is 7.43. The molecule has 1 aromatic carbocycles. The molecule has 1 saturated heterocycles. The zero-order valence-electron chi connectivity index (χ0n) is 10.7. The van der Waals surface area contributed by atoms with Crippen LogP contribution in [0.15, 0.2) is 22.7 Å². The van der Waals surface area contributed by atoms with Gasteiger partial charge in [-0.15, -0.1) is 0 Å². The molecule has 0 amide bonds. The van der Waals surface area contributed by atoms with Gasteiger partial charge in [0.1, 0.15) is 6.61 Å². The third-order valence-corrected chi connectivity index (χ3v) is 4.49. The Balaban J connectivity index is 1.95. The van der Waals surface area contributed by atoms with Crippen LogP contribution in [-0.2, 0) is 9.47 Å². The van der Waals surface area contributed by atoms with Crippen LogP contribution in [0.25, 0.3) is 0 Å². The van der Waals surface area contributed by atoms with E-state index in [1.165, 1.54) is 0 Å². The molecule has 3 nitrogen and oxygen atoms in total. The summed E-state index contributed by atoms with van der Waals surface area (Å²) in [7, 11) is 0. The predicted molar refractivity (Wildman–Crippen MR) is 77.6 cm³/mol. The maximum absolute atomic E-state index is 12.0. The second-order valence-electron chi connectivity index (χ2n) is 4.95. The summed E-state index contributed by atoms with van der Waals surface area (Å²) < 4.78 is 11.4. The average Bonchev–Trinajstić information content (AvgIpc) is 2.35. The third-order valence-electron chi connectivity index (χ3n) is 3.26. The fourth-order valence-electron chi connectivity index (χ4n) is 2.15. The Kier molecular flexibility index (Phi) is 4.87. The summed E-state index contributed by atoms with van der Waals surface area (Å²) in [6.07, 6.45) is 2.08. The van der Waals surface area contributed by atoms with Crippen molar-refractivity contribution in [3.05, 3.63) is 33.3 Å². The first-order chi connectivity index (χ1) is 9.06. The fraction of sp³-hybridized carbons (Fsp3) is 0.500. The van der Waals surface area contributed by atoms with Gasteiger partial charge in [0.2, 0.25) is 0 Å². The second kappa shape index (κ2) is 6.25. The van der Waals surface area contributed by atoms with Gasteiger partial charge in [-0.1, -0.05) is 24.9 Å². The summed E-state index contributed by atoms with van der Waals surface area (Å²) in [5.74, 6) is -0.336. The molecule has 0 saturated carbocycles. The van der Waals surface area contributed by atoms with E-state index >= 15 is 0 Å². The van der Waals surface area contributed by atoms with Crippen LogP contribution in [0, 0.1) is 5.41 Å². The fourth-order valence-corrected chi connectivity index (χ4v) is 2.57. The summed E-state index contributed by atoms with van der Waals surface area (Å²) in [4.78, 5) is 12.0. The Bertz CT molecular complexity index is 472. The van der Waals surface area contributed by atoms with Crippen LogP contribution < -0.4 is 0 Å². The van der Waals surface area contributed by atoms with Crippen LogP contribution in [0.5, 0.6) is 0 Å². The van der Waals surface area contributed by atoms with Crippen molar-refractivity contribution in [2.75, 3.05) is 19.8 Å². The zero-order chi connectivity index (χ0) is 13.9. The standard InChI is InChI=1S/C14H16BrClO3/c1-2-5-14(7-18-8-14)9-19-13(17)10-3-4-11(15)12(16)6-10/h3-4,6H,2,5,7-9H2,1H3. The van der Waals surface area contributed by atoms with Gasteiger partial charge in [0, 0.05) is 4.47 Å². The molecular formula is C14H16BrClO3. The molecule has 0 aliphatic carbocycles. The number of halogens is 2. The van der Waals surface area contributed by atoms with Gasteiger partial charge in [-0.3, -0.25) is 0 Å². The molecule has 0 atom stereocenters. The first-order valence-electron chi connectivity index (χ1n) is 6.26. The van der Waals surface area contributed by atoms with E-state index in [1.54, 1.807) is 18.2 Å². The Morgan fingerprint density at radius 2 is 2.26 bits per heavy atom. The van der Waals surface area contributed by atoms with E-state index in [2.05, 4.69) is 22.9 Å². The second-order valence-corrected chi connectivity index (χ2v) is 6.21. The highest BCUT2D eigenvalue weighted by Gasteiger charge is 2.39. The molecule has 0 bridgehead atoms. The number of esters is 1. The summed E-state index contributed by atoms with van der Waals surface area (Å²) in [5.41, 5.74) is 0.490. The van der Waals surface area contributed by atoms with Crippen molar-refractivity contribution >= 4 is 33.5 Å². The SMILES string of the molecule is CCCC1(COC(=O)c2ccc(Br)c(Cl)c2)COC1. The minimum Gasteiger partial charge on any atom is -0.461 e. The normalized spacial score (nSPS) is 16.8. The Morgan fingerprint density at radius 1 is 1.53 bits per heavy atom. The van der Waals surface area contributed by atoms with Crippen molar-refractivity contribution in [3.63, 3.8) is 0 Å². The van der Waals surface area contributed by atoms with Gasteiger partial charge in [-0.2, -0.15) is 0 Å². The Hall–Kier alpha value is -0.580. The van der Waals surface area contributed by atoms with E-state index in [-0.39, 0.29) is 11.4 Å². The number of ether oxygens (including phenoxy) is 2. The summed E-state index contributed by atoms with van der Waals surface area (Å²) in [6, 6.07) is 5.05. The highest BCUT2D eigenvalue weighted by Crippen LogP contribution is 2.33. The predicted octanol–water partition coefficient (Wildman–Crippen LogP) is 4.08. The van der Waals surface area contributed by atoms with E-state index in [9.17, 15) is 4.79 Å². The minimum absolute atomic E-state index is 0.0174. The number of benzene rings is 1. The molecule has 0 aromatic heterocycles. The molecule has 104 valence electrons. The maximum atomic E-state index is 12.0. The van der Waals surface area contributed by atoms with Crippen LogP contribution in [0.2, 0.25) is 5.02 Å². The molecule has 1 aromatic rings. The van der Waals surface area contributed by atoms with Crippen LogP contribution >= 0.6 is 27.5 Å². The number of carbonyl (C=O) groups is 1. The van der Waals surface area contributed by atoms with Crippen LogP contribution in [0.4, 0.5) is 0 Å². The summed E-state index contributed by atoms with van der Waals surface area (Å²) in [5, 5.41) is 0.504. The van der Waals surface area contributed by atoms with Crippen molar-refractivity contribution in [2.45, 2.75) is 19.8 Å². The molecule has 0 N–H and O–H groups in total. The maximum Gasteiger partial charge on any atom is 0.338 e. The highest BCUT2D eigenvalue weighted by molar-refractivity contribution is 9.10. The molecule has 19 heavy (non-hydrogen) atoms. The van der Waals surface area contributed by atoms with E-state index in [1.807, 2.05) is 0 Å². The Labute approximate surface area is 126 Å². The van der Waals surface area contributed by atoms with Crippen LogP contribution in [-0.4, -0.2) is 25.8 Å². The van der Waals surface area contributed by atoms with Crippen molar-refractivity contribution in [2.24, 2.45) is 5.41 Å². The molecule has 1 aliphatic rings. The number of hydrogen-bond acceptors (Lipinski definition) is 3. The van der Waals surface area contributed by atoms with Crippen molar-refractivity contribution in [1.82, 2.24) is 0 Å². The zero-order valence-corrected chi connectivity index (χ0v) is 13.1. The topological polar surface area (TPSA) is 35.5 Å². The molecule has 5 heteroatoms. The molecule has 1 fully saturated rings. The number of rotatable bonds is 5. The van der Waals surface area contributed by atoms with Gasteiger partial charge >= 0.3 is 5.97 Å². The van der Waals surface area contributed by atoms with E-state index in [4.69, 9.17) is 21.1 Å². The first kappa shape index (κ1) is 14.8. The largest absolute Gasteiger partial charge is 0.461 e. The van der Waals surface area contributed by atoms with Gasteiger partial charge in [-0.05, 0) is 40.5 Å². The summed E-state index contributed by atoms with van der Waals surface area (Å²) >= 11 is 9.25. The third kappa shape index (κ3) is 3.50. The number of hydrogen-bond donors (Lipinski definition) is 0. The van der Waals surface area contributed by atoms with Crippen LogP contribution in [0.3, 0.4) is 0 Å². The van der Waals surface area contributed by atoms with Gasteiger partial charge in [-0.25, -0.2) is 4.79 Å². The van der Waals surface area contributed by atoms with Gasteiger partial charge in [0.15, 0.2) is 0 Å². The molecule has 0 spiro atoms. The molecular weight excluding hydrogens is 332 g/mol. The molecule has 0 radical (unpaired) electrons. The lowest BCUT2D eigenvalue weighted by Gasteiger charge is -2.40. The lowest BCUT2D eigenvalue weighted by molar-refractivity contribution is -0.142. The molecule has 0 unspecified atom stereocenters. The smallest absolute Gasteiger partial charge is 0.338 e. The van der Waals surface area contributed by atoms with Crippen molar-refractivity contribution < 1.29 is 14.3 Å². The summed E-state index contributed by atoms with van der Waals surface area (Å²) in [6.45, 7) is 3.88. The van der Waals surface area contributed by atoms with Crippen LogP contribution in [0.1, 0.15) is 30.1 Å². The van der Waals surface area contributed by atoms with E-state index < -0.39 is 0 Å². The van der Waals surface area contributed by atoms with E-state index in [0.717, 1.165) is 17.3 Å². The Morgan fingerprint density at radius 3 is 2.79 bits per heavy atom. The number of carbonyl (C=O) groups excluding carboxylic acids is 1.